The summed E-state index contributed by atoms with van der Waals surface area (Å²) in [4.78, 5) is 1.23. The van der Waals surface area contributed by atoms with E-state index in [9.17, 15) is 5.11 Å². The second-order valence-electron chi connectivity index (χ2n) is 5.87. The lowest BCUT2D eigenvalue weighted by Crippen LogP contribution is -2.32. The molecular weight excluding hydrogens is 282 g/mol. The van der Waals surface area contributed by atoms with Crippen molar-refractivity contribution in [2.24, 2.45) is 11.8 Å². The van der Waals surface area contributed by atoms with Gasteiger partial charge in [0.25, 0.3) is 0 Å². The predicted molar refractivity (Wildman–Crippen MR) is 86.1 cm³/mol. The van der Waals surface area contributed by atoms with Gasteiger partial charge in [0.1, 0.15) is 0 Å². The average molecular weight is 305 g/mol. The molecule has 1 saturated carbocycles. The van der Waals surface area contributed by atoms with Crippen LogP contribution in [0.3, 0.4) is 0 Å². The summed E-state index contributed by atoms with van der Waals surface area (Å²) in [5.41, 5.74) is 2.34. The molecule has 3 rings (SSSR count). The number of aliphatic hydroxyl groups excluding tert-OH is 1. The van der Waals surface area contributed by atoms with E-state index in [0.717, 1.165) is 18.8 Å². The molecule has 0 spiro atoms. The summed E-state index contributed by atoms with van der Waals surface area (Å²) in [6, 6.07) is 4.18. The van der Waals surface area contributed by atoms with Gasteiger partial charge in [0.15, 0.2) is 0 Å². The van der Waals surface area contributed by atoms with Crippen molar-refractivity contribution in [1.29, 1.82) is 0 Å². The first kappa shape index (κ1) is 14.8. The predicted octanol–water partition coefficient (Wildman–Crippen LogP) is 3.03. The van der Waals surface area contributed by atoms with E-state index < -0.39 is 0 Å². The van der Waals surface area contributed by atoms with Gasteiger partial charge in [-0.3, -0.25) is 5.10 Å². The lowest BCUT2D eigenvalue weighted by atomic mass is 9.79. The summed E-state index contributed by atoms with van der Waals surface area (Å²) >= 11 is 1.73. The van der Waals surface area contributed by atoms with E-state index in [0.29, 0.717) is 18.4 Å². The van der Waals surface area contributed by atoms with Crippen molar-refractivity contribution in [1.82, 2.24) is 15.5 Å². The van der Waals surface area contributed by atoms with E-state index in [1.807, 2.05) is 6.20 Å². The van der Waals surface area contributed by atoms with E-state index in [-0.39, 0.29) is 0 Å². The minimum absolute atomic E-state index is 0.332. The molecule has 0 bridgehead atoms. The Morgan fingerprint density at radius 1 is 1.33 bits per heavy atom. The first-order chi connectivity index (χ1) is 10.4. The van der Waals surface area contributed by atoms with E-state index in [1.165, 1.54) is 36.1 Å². The number of H-pyrrole nitrogens is 1. The highest BCUT2D eigenvalue weighted by Crippen LogP contribution is 2.29. The molecule has 0 saturated heterocycles. The molecule has 4 nitrogen and oxygen atoms in total. The van der Waals surface area contributed by atoms with Crippen molar-refractivity contribution in [3.8, 4) is 10.6 Å². The molecule has 2 atom stereocenters. The zero-order valence-electron chi connectivity index (χ0n) is 12.2. The molecule has 1 aliphatic carbocycles. The second kappa shape index (κ2) is 7.20. The summed E-state index contributed by atoms with van der Waals surface area (Å²) < 4.78 is 0. The zero-order valence-corrected chi connectivity index (χ0v) is 13.0. The fourth-order valence-corrected chi connectivity index (χ4v) is 4.02. The van der Waals surface area contributed by atoms with Crippen LogP contribution in [-0.4, -0.2) is 28.5 Å². The molecule has 2 heterocycles. The van der Waals surface area contributed by atoms with Gasteiger partial charge in [0.2, 0.25) is 0 Å². The van der Waals surface area contributed by atoms with Gasteiger partial charge in [-0.2, -0.15) is 5.10 Å². The summed E-state index contributed by atoms with van der Waals surface area (Å²) in [5, 5.41) is 22.4. The molecular formula is C16H23N3OS. The number of aromatic nitrogens is 2. The van der Waals surface area contributed by atoms with Crippen LogP contribution in [0.2, 0.25) is 0 Å². The molecule has 2 aromatic heterocycles. The average Bonchev–Trinajstić information content (AvgIpc) is 3.18. The molecule has 5 heteroatoms. The number of rotatable bonds is 6. The largest absolute Gasteiger partial charge is 0.396 e. The lowest BCUT2D eigenvalue weighted by molar-refractivity contribution is 0.133. The Morgan fingerprint density at radius 3 is 2.95 bits per heavy atom. The highest BCUT2D eigenvalue weighted by molar-refractivity contribution is 7.13. The zero-order chi connectivity index (χ0) is 14.5. The van der Waals surface area contributed by atoms with Crippen LogP contribution >= 0.6 is 11.3 Å². The topological polar surface area (TPSA) is 60.9 Å². The molecule has 1 aliphatic rings. The molecule has 2 aromatic rings. The van der Waals surface area contributed by atoms with Crippen LogP contribution < -0.4 is 5.32 Å². The van der Waals surface area contributed by atoms with Crippen LogP contribution in [0.4, 0.5) is 0 Å². The number of nitrogens with one attached hydrogen (secondary N) is 2. The van der Waals surface area contributed by atoms with Gasteiger partial charge in [-0.05, 0) is 42.7 Å². The molecule has 0 aromatic carbocycles. The van der Waals surface area contributed by atoms with E-state index in [2.05, 4.69) is 33.0 Å². The maximum absolute atomic E-state index is 9.47. The van der Waals surface area contributed by atoms with E-state index in [4.69, 9.17) is 0 Å². The quantitative estimate of drug-likeness (QED) is 0.769. The monoisotopic (exact) mass is 305 g/mol. The number of nitrogens with zero attached hydrogens (tertiary/aromatic N) is 1. The van der Waals surface area contributed by atoms with Crippen LogP contribution in [0, 0.1) is 11.8 Å². The maximum atomic E-state index is 9.47. The Balaban J connectivity index is 1.55. The van der Waals surface area contributed by atoms with E-state index >= 15 is 0 Å². The third-order valence-corrected chi connectivity index (χ3v) is 5.40. The highest BCUT2D eigenvalue weighted by atomic mass is 32.1. The van der Waals surface area contributed by atoms with Crippen LogP contribution in [0.25, 0.3) is 10.6 Å². The lowest BCUT2D eigenvalue weighted by Gasteiger charge is -2.30. The molecule has 2 unspecified atom stereocenters. The standard InChI is InChI=1S/C16H23N3OS/c20-11-13-5-2-1-4-12(13)8-17-9-14-10-18-19-16(14)15-6-3-7-21-15/h3,6-7,10,12-13,17,20H,1-2,4-5,8-9,11H2,(H,18,19). The molecule has 0 radical (unpaired) electrons. The van der Waals surface area contributed by atoms with Gasteiger partial charge in [-0.15, -0.1) is 11.3 Å². The van der Waals surface area contributed by atoms with Gasteiger partial charge >= 0.3 is 0 Å². The number of aliphatic hydroxyl groups is 1. The number of thiophene rings is 1. The SMILES string of the molecule is OCC1CCCCC1CNCc1cn[nH]c1-c1cccs1. The Bertz CT molecular complexity index is 537. The van der Waals surface area contributed by atoms with Crippen molar-refractivity contribution in [2.45, 2.75) is 32.2 Å². The number of hydrogen-bond acceptors (Lipinski definition) is 4. The number of hydrogen-bond donors (Lipinski definition) is 3. The molecule has 0 amide bonds. The molecule has 3 N–H and O–H groups in total. The fourth-order valence-electron chi connectivity index (χ4n) is 3.27. The van der Waals surface area contributed by atoms with Gasteiger partial charge in [0, 0.05) is 18.7 Å². The van der Waals surface area contributed by atoms with Crippen molar-refractivity contribution in [3.05, 3.63) is 29.3 Å². The fraction of sp³-hybridized carbons (Fsp3) is 0.562. The Kier molecular flexibility index (Phi) is 5.06. The van der Waals surface area contributed by atoms with Crippen LogP contribution in [0.5, 0.6) is 0 Å². The molecule has 114 valence electrons. The maximum Gasteiger partial charge on any atom is 0.0794 e. The summed E-state index contributed by atoms with van der Waals surface area (Å²) in [6.07, 6.45) is 6.89. The second-order valence-corrected chi connectivity index (χ2v) is 6.81. The van der Waals surface area contributed by atoms with E-state index in [1.54, 1.807) is 11.3 Å². The van der Waals surface area contributed by atoms with Crippen molar-refractivity contribution < 1.29 is 5.11 Å². The molecule has 0 aliphatic heterocycles. The van der Waals surface area contributed by atoms with Crippen LogP contribution in [-0.2, 0) is 6.54 Å². The normalized spacial score (nSPS) is 22.5. The van der Waals surface area contributed by atoms with Crippen LogP contribution in [0.15, 0.2) is 23.7 Å². The van der Waals surface area contributed by atoms with Gasteiger partial charge in [-0.25, -0.2) is 0 Å². The minimum atomic E-state index is 0.332. The molecule has 21 heavy (non-hydrogen) atoms. The Hall–Kier alpha value is -1.17. The minimum Gasteiger partial charge on any atom is -0.396 e. The first-order valence-corrected chi connectivity index (χ1v) is 8.64. The number of aromatic amines is 1. The van der Waals surface area contributed by atoms with Crippen molar-refractivity contribution in [3.63, 3.8) is 0 Å². The first-order valence-electron chi connectivity index (χ1n) is 7.76. The van der Waals surface area contributed by atoms with Crippen molar-refractivity contribution >= 4 is 11.3 Å². The highest BCUT2D eigenvalue weighted by Gasteiger charge is 2.24. The van der Waals surface area contributed by atoms with Crippen LogP contribution in [0.1, 0.15) is 31.2 Å². The summed E-state index contributed by atoms with van der Waals surface area (Å²) in [7, 11) is 0. The summed E-state index contributed by atoms with van der Waals surface area (Å²) in [6.45, 7) is 2.15. The third kappa shape index (κ3) is 3.54. The van der Waals surface area contributed by atoms with Gasteiger partial charge < -0.3 is 10.4 Å². The van der Waals surface area contributed by atoms with Crippen molar-refractivity contribution in [2.75, 3.05) is 13.2 Å². The smallest absolute Gasteiger partial charge is 0.0794 e. The van der Waals surface area contributed by atoms with Gasteiger partial charge in [-0.1, -0.05) is 18.9 Å². The third-order valence-electron chi connectivity index (χ3n) is 4.51. The van der Waals surface area contributed by atoms with Gasteiger partial charge in [0.05, 0.1) is 16.8 Å². The Labute approximate surface area is 129 Å². The molecule has 1 fully saturated rings. The summed E-state index contributed by atoms with van der Waals surface area (Å²) in [5.74, 6) is 1.09. The Morgan fingerprint density at radius 2 is 2.19 bits per heavy atom.